The minimum Gasteiger partial charge on any atom is -0.493 e. The van der Waals surface area contributed by atoms with Crippen LogP contribution in [0.4, 0.5) is 0 Å². The lowest BCUT2D eigenvalue weighted by Crippen LogP contribution is -2.27. The molecule has 1 aliphatic carbocycles. The van der Waals surface area contributed by atoms with Gasteiger partial charge in [0.25, 0.3) is 0 Å². The van der Waals surface area contributed by atoms with Gasteiger partial charge in [0.05, 0.1) is 19.8 Å². The van der Waals surface area contributed by atoms with Crippen LogP contribution in [0, 0.1) is 11.8 Å². The van der Waals surface area contributed by atoms with Crippen LogP contribution in [0.1, 0.15) is 44.9 Å². The van der Waals surface area contributed by atoms with Crippen LogP contribution >= 0.6 is 34.8 Å². The van der Waals surface area contributed by atoms with E-state index in [1.807, 2.05) is 0 Å². The Bertz CT molecular complexity index is 591. The number of alkyl halides is 1. The number of unbranched alkanes of at least 4 members (excludes halogenated alkanes) is 3. The van der Waals surface area contributed by atoms with E-state index in [1.165, 1.54) is 7.11 Å². The lowest BCUT2D eigenvalue weighted by Gasteiger charge is -2.23. The molecule has 0 spiro atoms. The number of rotatable bonds is 10. The molecule has 2 rings (SSSR count). The molecule has 152 valence electrons. The topological polar surface area (TPSA) is 55.8 Å². The fourth-order valence-corrected chi connectivity index (χ4v) is 4.67. The number of hydrogen-bond acceptors (Lipinski definition) is 4. The number of ether oxygens (including phenoxy) is 2. The Morgan fingerprint density at radius 1 is 1.11 bits per heavy atom. The summed E-state index contributed by atoms with van der Waals surface area (Å²) >= 11 is 18.5. The Morgan fingerprint density at radius 3 is 2.44 bits per heavy atom. The van der Waals surface area contributed by atoms with Crippen molar-refractivity contribution in [1.82, 2.24) is 0 Å². The highest BCUT2D eigenvalue weighted by Gasteiger charge is 2.41. The van der Waals surface area contributed by atoms with Crippen LogP contribution < -0.4 is 4.74 Å². The standard InChI is InChI=1S/C20H27Cl3O4/c1-26-20(25)7-5-3-2-4-6-16-17(19(24)11-18(16)23)12-27-15-9-13(21)8-14(22)10-15/h8-10,16-19,24H,2-7,11-12H2,1H3/t16-,17-,18-,19-/m1/s1. The largest absolute Gasteiger partial charge is 0.493 e. The van der Waals surface area contributed by atoms with E-state index in [4.69, 9.17) is 39.5 Å². The zero-order valence-corrected chi connectivity index (χ0v) is 17.8. The van der Waals surface area contributed by atoms with Crippen LogP contribution in [0.25, 0.3) is 0 Å². The van der Waals surface area contributed by atoms with Crippen molar-refractivity contribution in [2.24, 2.45) is 11.8 Å². The molecule has 0 aromatic heterocycles. The number of carbonyl (C=O) groups is 1. The third-order valence-corrected chi connectivity index (χ3v) is 6.09. The van der Waals surface area contributed by atoms with Crippen LogP contribution in [0.3, 0.4) is 0 Å². The van der Waals surface area contributed by atoms with Gasteiger partial charge in [0, 0.05) is 27.8 Å². The number of aliphatic hydroxyl groups excluding tert-OH is 1. The molecule has 27 heavy (non-hydrogen) atoms. The molecule has 0 saturated heterocycles. The van der Waals surface area contributed by atoms with Crippen LogP contribution in [0.2, 0.25) is 10.0 Å². The molecule has 1 saturated carbocycles. The van der Waals surface area contributed by atoms with Crippen molar-refractivity contribution >= 4 is 40.8 Å². The van der Waals surface area contributed by atoms with E-state index in [1.54, 1.807) is 18.2 Å². The van der Waals surface area contributed by atoms with Gasteiger partial charge in [0.15, 0.2) is 0 Å². The summed E-state index contributed by atoms with van der Waals surface area (Å²) in [6.45, 7) is 0.383. The number of hydrogen-bond donors (Lipinski definition) is 1. The van der Waals surface area contributed by atoms with Gasteiger partial charge >= 0.3 is 5.97 Å². The molecule has 7 heteroatoms. The average molecular weight is 438 g/mol. The van der Waals surface area contributed by atoms with Gasteiger partial charge in [0.2, 0.25) is 0 Å². The van der Waals surface area contributed by atoms with E-state index in [-0.39, 0.29) is 23.2 Å². The van der Waals surface area contributed by atoms with Crippen LogP contribution in [-0.4, -0.2) is 36.3 Å². The summed E-state index contributed by atoms with van der Waals surface area (Å²) in [4.78, 5) is 11.1. The van der Waals surface area contributed by atoms with Gasteiger partial charge in [-0.1, -0.05) is 42.5 Å². The number of benzene rings is 1. The number of esters is 1. The minimum absolute atomic E-state index is 0.0136. The zero-order chi connectivity index (χ0) is 19.8. The molecule has 0 heterocycles. The molecule has 1 N–H and O–H groups in total. The Morgan fingerprint density at radius 2 is 1.78 bits per heavy atom. The molecular weight excluding hydrogens is 411 g/mol. The molecule has 4 atom stereocenters. The molecule has 0 aliphatic heterocycles. The first-order valence-corrected chi connectivity index (χ1v) is 10.6. The number of halogens is 3. The van der Waals surface area contributed by atoms with Gasteiger partial charge in [-0.2, -0.15) is 0 Å². The lowest BCUT2D eigenvalue weighted by atomic mass is 9.90. The Kier molecular flexibility index (Phi) is 9.51. The van der Waals surface area contributed by atoms with Crippen LogP contribution in [0.5, 0.6) is 5.75 Å². The number of carbonyl (C=O) groups excluding carboxylic acids is 1. The van der Waals surface area contributed by atoms with Gasteiger partial charge in [-0.15, -0.1) is 11.6 Å². The van der Waals surface area contributed by atoms with E-state index in [9.17, 15) is 9.90 Å². The van der Waals surface area contributed by atoms with E-state index in [0.29, 0.717) is 35.2 Å². The maximum atomic E-state index is 11.1. The van der Waals surface area contributed by atoms with Crippen molar-refractivity contribution in [2.75, 3.05) is 13.7 Å². The van der Waals surface area contributed by atoms with Gasteiger partial charge < -0.3 is 14.6 Å². The molecule has 0 amide bonds. The molecule has 1 fully saturated rings. The second-order valence-electron chi connectivity index (χ2n) is 7.09. The van der Waals surface area contributed by atoms with Crippen LogP contribution in [0.15, 0.2) is 18.2 Å². The Hall–Kier alpha value is -0.680. The summed E-state index contributed by atoms with van der Waals surface area (Å²) in [5, 5.41) is 11.4. The first-order valence-electron chi connectivity index (χ1n) is 9.38. The highest BCUT2D eigenvalue weighted by Crippen LogP contribution is 2.40. The minimum atomic E-state index is -0.466. The quantitative estimate of drug-likeness (QED) is 0.299. The maximum Gasteiger partial charge on any atom is 0.305 e. The molecule has 1 aliphatic rings. The van der Waals surface area contributed by atoms with E-state index < -0.39 is 6.10 Å². The van der Waals surface area contributed by atoms with Crippen molar-refractivity contribution < 1.29 is 19.4 Å². The predicted octanol–water partition coefficient (Wildman–Crippen LogP) is 5.49. The number of aliphatic hydroxyl groups is 1. The normalized spacial score (nSPS) is 24.8. The SMILES string of the molecule is COC(=O)CCCCCC[C@@H]1[C@@H](COc2cc(Cl)cc(Cl)c2)[C@H](O)C[C@H]1Cl. The van der Waals surface area contributed by atoms with Gasteiger partial charge in [-0.25, -0.2) is 0 Å². The third-order valence-electron chi connectivity index (χ3n) is 5.15. The van der Waals surface area contributed by atoms with E-state index in [0.717, 1.165) is 32.1 Å². The zero-order valence-electron chi connectivity index (χ0n) is 15.5. The molecule has 0 unspecified atom stereocenters. The molecule has 1 aromatic rings. The highest BCUT2D eigenvalue weighted by molar-refractivity contribution is 6.34. The predicted molar refractivity (Wildman–Crippen MR) is 109 cm³/mol. The summed E-state index contributed by atoms with van der Waals surface area (Å²) < 4.78 is 10.5. The fraction of sp³-hybridized carbons (Fsp3) is 0.650. The van der Waals surface area contributed by atoms with E-state index in [2.05, 4.69) is 4.74 Å². The van der Waals surface area contributed by atoms with Gasteiger partial charge in [-0.05, 0) is 43.4 Å². The van der Waals surface area contributed by atoms with Crippen molar-refractivity contribution in [3.63, 3.8) is 0 Å². The first-order chi connectivity index (χ1) is 12.9. The second-order valence-corrected chi connectivity index (χ2v) is 8.53. The first kappa shape index (κ1) is 22.6. The molecule has 1 aromatic carbocycles. The van der Waals surface area contributed by atoms with Gasteiger partial charge in [-0.3, -0.25) is 4.79 Å². The Labute approximate surface area is 176 Å². The lowest BCUT2D eigenvalue weighted by molar-refractivity contribution is -0.140. The average Bonchev–Trinajstić information content (AvgIpc) is 2.88. The second kappa shape index (κ2) is 11.4. The highest BCUT2D eigenvalue weighted by atomic mass is 35.5. The fourth-order valence-electron chi connectivity index (χ4n) is 3.67. The molecule has 0 radical (unpaired) electrons. The van der Waals surface area contributed by atoms with Crippen molar-refractivity contribution in [3.8, 4) is 5.75 Å². The molecule has 4 nitrogen and oxygen atoms in total. The Balaban J connectivity index is 1.78. The third kappa shape index (κ3) is 7.34. The smallest absolute Gasteiger partial charge is 0.305 e. The number of methoxy groups -OCH3 is 1. The molecule has 0 bridgehead atoms. The summed E-state index contributed by atoms with van der Waals surface area (Å²) in [6.07, 6.45) is 5.39. The van der Waals surface area contributed by atoms with Gasteiger partial charge in [0.1, 0.15) is 5.75 Å². The summed E-state index contributed by atoms with van der Waals surface area (Å²) in [5.41, 5.74) is 0. The van der Waals surface area contributed by atoms with E-state index >= 15 is 0 Å². The van der Waals surface area contributed by atoms with Crippen molar-refractivity contribution in [3.05, 3.63) is 28.2 Å². The van der Waals surface area contributed by atoms with Crippen molar-refractivity contribution in [2.45, 2.75) is 56.4 Å². The maximum absolute atomic E-state index is 11.1. The molecular formula is C20H27Cl3O4. The monoisotopic (exact) mass is 436 g/mol. The summed E-state index contributed by atoms with van der Waals surface area (Å²) in [7, 11) is 1.41. The van der Waals surface area contributed by atoms with Crippen LogP contribution in [-0.2, 0) is 9.53 Å². The van der Waals surface area contributed by atoms with Crippen molar-refractivity contribution in [1.29, 1.82) is 0 Å². The summed E-state index contributed by atoms with van der Waals surface area (Å²) in [5.74, 6) is 0.629. The summed E-state index contributed by atoms with van der Waals surface area (Å²) in [6, 6.07) is 5.07.